The van der Waals surface area contributed by atoms with Crippen LogP contribution in [-0.4, -0.2) is 26.6 Å². The minimum absolute atomic E-state index is 0.591. The number of fused-ring (bicyclic) bond motifs is 1. The summed E-state index contributed by atoms with van der Waals surface area (Å²) in [6, 6.07) is 27.2. The molecule has 8 heteroatoms. The lowest BCUT2D eigenvalue weighted by Gasteiger charge is -2.11. The molecule has 176 valence electrons. The lowest BCUT2D eigenvalue weighted by Crippen LogP contribution is -2.01. The van der Waals surface area contributed by atoms with Gasteiger partial charge in [-0.2, -0.15) is 11.3 Å². The lowest BCUT2D eigenvalue weighted by atomic mass is 10.2. The van der Waals surface area contributed by atoms with Gasteiger partial charge in [0.1, 0.15) is 23.6 Å². The minimum atomic E-state index is 0.591. The van der Waals surface area contributed by atoms with E-state index >= 15 is 0 Å². The Bertz CT molecular complexity index is 1600. The first-order valence-corrected chi connectivity index (χ1v) is 12.2. The third kappa shape index (κ3) is 4.37. The Balaban J connectivity index is 1.37. The molecule has 6 rings (SSSR count). The van der Waals surface area contributed by atoms with Crippen molar-refractivity contribution in [3.8, 4) is 34.3 Å². The van der Waals surface area contributed by atoms with E-state index in [1.165, 1.54) is 0 Å². The fourth-order valence-electron chi connectivity index (χ4n) is 3.81. The highest BCUT2D eigenvalue weighted by Crippen LogP contribution is 2.30. The SMILES string of the molecule is COc1ccc(-c2nc(Nc3ccc(Oc4ccccc4)cc3)c3ncn(-c4ccsc4)c3n2)cc1. The van der Waals surface area contributed by atoms with Crippen molar-refractivity contribution < 1.29 is 9.47 Å². The number of hydrogen-bond donors (Lipinski definition) is 1. The highest BCUT2D eigenvalue weighted by Gasteiger charge is 2.16. The largest absolute Gasteiger partial charge is 0.497 e. The molecule has 0 aliphatic rings. The van der Waals surface area contributed by atoms with Crippen LogP contribution in [0.3, 0.4) is 0 Å². The summed E-state index contributed by atoms with van der Waals surface area (Å²) in [4.78, 5) is 14.4. The number of hydrogen-bond acceptors (Lipinski definition) is 7. The average molecular weight is 492 g/mol. The highest BCUT2D eigenvalue weighted by atomic mass is 32.1. The number of ether oxygens (including phenoxy) is 2. The first kappa shape index (κ1) is 21.8. The number of nitrogens with zero attached hydrogens (tertiary/aromatic N) is 4. The van der Waals surface area contributed by atoms with Gasteiger partial charge in [-0.15, -0.1) is 0 Å². The molecule has 0 aliphatic carbocycles. The third-order valence-electron chi connectivity index (χ3n) is 5.62. The molecule has 0 bridgehead atoms. The second kappa shape index (κ2) is 9.52. The summed E-state index contributed by atoms with van der Waals surface area (Å²) in [6.07, 6.45) is 1.78. The van der Waals surface area contributed by atoms with Gasteiger partial charge in [-0.3, -0.25) is 4.57 Å². The van der Waals surface area contributed by atoms with Gasteiger partial charge in [-0.05, 0) is 72.1 Å². The molecule has 0 saturated heterocycles. The van der Waals surface area contributed by atoms with Gasteiger partial charge in [0.15, 0.2) is 22.8 Å². The Kier molecular flexibility index (Phi) is 5.77. The molecule has 1 N–H and O–H groups in total. The Morgan fingerprint density at radius 2 is 1.56 bits per heavy atom. The first-order valence-electron chi connectivity index (χ1n) is 11.3. The molecule has 6 aromatic rings. The zero-order valence-corrected chi connectivity index (χ0v) is 20.1. The molecule has 0 saturated carbocycles. The topological polar surface area (TPSA) is 74.1 Å². The zero-order valence-electron chi connectivity index (χ0n) is 19.3. The summed E-state index contributed by atoms with van der Waals surface area (Å²) >= 11 is 1.63. The number of benzene rings is 3. The smallest absolute Gasteiger partial charge is 0.170 e. The number of para-hydroxylation sites is 1. The molecule has 3 heterocycles. The van der Waals surface area contributed by atoms with Crippen LogP contribution >= 0.6 is 11.3 Å². The van der Waals surface area contributed by atoms with Crippen LogP contribution in [0.25, 0.3) is 28.2 Å². The van der Waals surface area contributed by atoms with E-state index in [-0.39, 0.29) is 0 Å². The third-order valence-corrected chi connectivity index (χ3v) is 6.30. The Labute approximate surface area is 211 Å². The van der Waals surface area contributed by atoms with Gasteiger partial charge in [0, 0.05) is 16.6 Å². The Hall–Kier alpha value is -4.69. The lowest BCUT2D eigenvalue weighted by molar-refractivity contribution is 0.415. The molecule has 0 spiro atoms. The maximum atomic E-state index is 5.92. The summed E-state index contributed by atoms with van der Waals surface area (Å²) in [5.41, 5.74) is 4.16. The van der Waals surface area contributed by atoms with E-state index < -0.39 is 0 Å². The molecule has 36 heavy (non-hydrogen) atoms. The van der Waals surface area contributed by atoms with Crippen LogP contribution in [0.2, 0.25) is 0 Å². The van der Waals surface area contributed by atoms with Crippen LogP contribution in [0, 0.1) is 0 Å². The predicted octanol–water partition coefficient (Wildman–Crippen LogP) is 7.09. The summed E-state index contributed by atoms with van der Waals surface area (Å²) in [5.74, 6) is 3.53. The molecule has 3 aromatic carbocycles. The molecule has 0 atom stereocenters. The van der Waals surface area contributed by atoms with Gasteiger partial charge in [0.25, 0.3) is 0 Å². The van der Waals surface area contributed by atoms with Crippen LogP contribution in [0.4, 0.5) is 11.5 Å². The molecular weight excluding hydrogens is 470 g/mol. The standard InChI is InChI=1S/C28H21N5O2S/c1-34-22-11-7-19(8-12-22)26-31-27(25-28(32-26)33(18-29-25)21-15-16-36-17-21)30-20-9-13-24(14-10-20)35-23-5-3-2-4-6-23/h2-18H,1H3,(H,30,31,32). The van der Waals surface area contributed by atoms with Crippen molar-refractivity contribution in [3.63, 3.8) is 0 Å². The second-order valence-corrected chi connectivity index (χ2v) is 8.74. The number of imidazole rings is 1. The summed E-state index contributed by atoms with van der Waals surface area (Å²) in [7, 11) is 1.65. The van der Waals surface area contributed by atoms with Crippen molar-refractivity contribution in [2.24, 2.45) is 0 Å². The van der Waals surface area contributed by atoms with Gasteiger partial charge in [-0.25, -0.2) is 15.0 Å². The highest BCUT2D eigenvalue weighted by molar-refractivity contribution is 7.08. The van der Waals surface area contributed by atoms with Crippen molar-refractivity contribution in [1.82, 2.24) is 19.5 Å². The van der Waals surface area contributed by atoms with Crippen LogP contribution in [0.5, 0.6) is 17.2 Å². The van der Waals surface area contributed by atoms with Gasteiger partial charge in [0.05, 0.1) is 12.8 Å². The van der Waals surface area contributed by atoms with Gasteiger partial charge in [0.2, 0.25) is 0 Å². The maximum absolute atomic E-state index is 5.92. The molecular formula is C28H21N5O2S. The van der Waals surface area contributed by atoms with Crippen molar-refractivity contribution in [2.45, 2.75) is 0 Å². The van der Waals surface area contributed by atoms with E-state index in [1.807, 2.05) is 94.9 Å². The van der Waals surface area contributed by atoms with Crippen LogP contribution in [-0.2, 0) is 0 Å². The maximum Gasteiger partial charge on any atom is 0.170 e. The van der Waals surface area contributed by atoms with Crippen molar-refractivity contribution >= 4 is 34.0 Å². The van der Waals surface area contributed by atoms with E-state index in [0.717, 1.165) is 39.8 Å². The molecule has 0 amide bonds. The zero-order chi connectivity index (χ0) is 24.3. The number of aromatic nitrogens is 4. The molecule has 0 aliphatic heterocycles. The van der Waals surface area contributed by atoms with Crippen molar-refractivity contribution in [2.75, 3.05) is 12.4 Å². The minimum Gasteiger partial charge on any atom is -0.497 e. The molecule has 7 nitrogen and oxygen atoms in total. The quantitative estimate of drug-likeness (QED) is 0.257. The van der Waals surface area contributed by atoms with Crippen molar-refractivity contribution in [1.29, 1.82) is 0 Å². The van der Waals surface area contributed by atoms with Gasteiger partial charge >= 0.3 is 0 Å². The predicted molar refractivity (Wildman–Crippen MR) is 143 cm³/mol. The summed E-state index contributed by atoms with van der Waals surface area (Å²) in [6.45, 7) is 0. The van der Waals surface area contributed by atoms with Crippen LogP contribution < -0.4 is 14.8 Å². The van der Waals surface area contributed by atoms with Gasteiger partial charge in [-0.1, -0.05) is 18.2 Å². The summed E-state index contributed by atoms with van der Waals surface area (Å²) < 4.78 is 13.2. The van der Waals surface area contributed by atoms with E-state index in [2.05, 4.69) is 15.7 Å². The molecule has 3 aromatic heterocycles. The number of nitrogens with one attached hydrogen (secondary N) is 1. The van der Waals surface area contributed by atoms with E-state index in [1.54, 1.807) is 24.8 Å². The van der Waals surface area contributed by atoms with Gasteiger partial charge < -0.3 is 14.8 Å². The van der Waals surface area contributed by atoms with Crippen LogP contribution in [0.1, 0.15) is 0 Å². The molecule has 0 radical (unpaired) electrons. The fourth-order valence-corrected chi connectivity index (χ4v) is 4.44. The first-order chi connectivity index (χ1) is 17.8. The molecule has 0 unspecified atom stereocenters. The molecule has 0 fully saturated rings. The number of anilines is 2. The average Bonchev–Trinajstić information content (AvgIpc) is 3.61. The number of methoxy groups -OCH3 is 1. The fraction of sp³-hybridized carbons (Fsp3) is 0.0357. The number of thiophene rings is 1. The van der Waals surface area contributed by atoms with Crippen molar-refractivity contribution in [3.05, 3.63) is 102 Å². The Morgan fingerprint density at radius 1 is 0.806 bits per heavy atom. The Morgan fingerprint density at radius 3 is 2.28 bits per heavy atom. The number of rotatable bonds is 7. The second-order valence-electron chi connectivity index (χ2n) is 7.96. The van der Waals surface area contributed by atoms with E-state index in [0.29, 0.717) is 17.2 Å². The summed E-state index contributed by atoms with van der Waals surface area (Å²) in [5, 5.41) is 7.52. The van der Waals surface area contributed by atoms with Crippen LogP contribution in [0.15, 0.2) is 102 Å². The monoisotopic (exact) mass is 491 g/mol. The normalized spacial score (nSPS) is 10.9. The van der Waals surface area contributed by atoms with E-state index in [4.69, 9.17) is 19.4 Å². The van der Waals surface area contributed by atoms with E-state index in [9.17, 15) is 0 Å².